The maximum Gasteiger partial charge on any atom is 0.241 e. The zero-order chi connectivity index (χ0) is 23.8. The van der Waals surface area contributed by atoms with Gasteiger partial charge in [0.2, 0.25) is 10.0 Å². The Morgan fingerprint density at radius 1 is 1.22 bits per heavy atom. The van der Waals surface area contributed by atoms with Crippen LogP contribution in [0.3, 0.4) is 0 Å². The number of aliphatic hydroxyl groups excluding tert-OH is 1. The molecule has 174 valence electrons. The van der Waals surface area contributed by atoms with Crippen molar-refractivity contribution in [3.63, 3.8) is 0 Å². The van der Waals surface area contributed by atoms with E-state index in [2.05, 4.69) is 0 Å². The van der Waals surface area contributed by atoms with E-state index in [0.29, 0.717) is 3.57 Å². The van der Waals surface area contributed by atoms with Crippen molar-refractivity contribution in [3.05, 3.63) is 56.4 Å². The minimum absolute atomic E-state index is 0.0422. The number of hydrogen-bond acceptors (Lipinski definition) is 5. The molecule has 1 aliphatic rings. The molecule has 11 heteroatoms. The van der Waals surface area contributed by atoms with Gasteiger partial charge in [0.1, 0.15) is 18.2 Å². The van der Waals surface area contributed by atoms with Gasteiger partial charge < -0.3 is 9.84 Å². The van der Waals surface area contributed by atoms with Crippen molar-refractivity contribution in [1.29, 1.82) is 0 Å². The summed E-state index contributed by atoms with van der Waals surface area (Å²) in [4.78, 5) is 11.8. The standard InChI is InChI=1S/C21H21F3INO5S/c1-26(32(29,30)21(5-6-21)10-14(28)11-27)20-15(19(24)17(23)9-18(20)31-2)7-12-3-4-13(25)8-16(12)22/h3-4,8-9,27H,5-7,10-11H2,1-2H3. The van der Waals surface area contributed by atoms with Crippen LogP contribution in [0.4, 0.5) is 18.9 Å². The number of rotatable bonds is 9. The van der Waals surface area contributed by atoms with Crippen LogP contribution in [0, 0.1) is 21.0 Å². The highest BCUT2D eigenvalue weighted by molar-refractivity contribution is 14.1. The van der Waals surface area contributed by atoms with Crippen molar-refractivity contribution in [1.82, 2.24) is 0 Å². The molecule has 32 heavy (non-hydrogen) atoms. The van der Waals surface area contributed by atoms with Crippen LogP contribution in [-0.4, -0.2) is 44.8 Å². The number of ether oxygens (including phenoxy) is 1. The lowest BCUT2D eigenvalue weighted by atomic mass is 10.0. The number of halogens is 4. The summed E-state index contributed by atoms with van der Waals surface area (Å²) in [7, 11) is -1.91. The maximum absolute atomic E-state index is 14.9. The third kappa shape index (κ3) is 4.46. The fourth-order valence-electron chi connectivity index (χ4n) is 3.65. The van der Waals surface area contributed by atoms with Crippen molar-refractivity contribution >= 4 is 44.1 Å². The topological polar surface area (TPSA) is 83.9 Å². The number of sulfonamides is 1. The van der Waals surface area contributed by atoms with Gasteiger partial charge in [-0.3, -0.25) is 9.10 Å². The first kappa shape index (κ1) is 24.8. The molecule has 0 heterocycles. The molecular weight excluding hydrogens is 562 g/mol. The summed E-state index contributed by atoms with van der Waals surface area (Å²) in [6.45, 7) is -0.799. The first-order valence-corrected chi connectivity index (χ1v) is 12.1. The molecule has 1 fully saturated rings. The number of anilines is 1. The van der Waals surface area contributed by atoms with Gasteiger partial charge in [-0.1, -0.05) is 6.07 Å². The molecule has 0 radical (unpaired) electrons. The lowest BCUT2D eigenvalue weighted by Gasteiger charge is -2.29. The summed E-state index contributed by atoms with van der Waals surface area (Å²) >= 11 is 1.91. The smallest absolute Gasteiger partial charge is 0.241 e. The van der Waals surface area contributed by atoms with Crippen LogP contribution in [0.2, 0.25) is 0 Å². The Labute approximate surface area is 197 Å². The van der Waals surface area contributed by atoms with E-state index in [1.807, 2.05) is 22.6 Å². The number of carbonyl (C=O) groups is 1. The SMILES string of the molecule is COc1cc(F)c(F)c(Cc2ccc(I)cc2F)c1N(C)S(=O)(=O)C1(CC(=O)CO)CC1. The van der Waals surface area contributed by atoms with Gasteiger partial charge in [0.25, 0.3) is 0 Å². The van der Waals surface area contributed by atoms with E-state index in [-0.39, 0.29) is 29.8 Å². The van der Waals surface area contributed by atoms with Gasteiger partial charge in [0.15, 0.2) is 17.4 Å². The molecule has 0 spiro atoms. The fraction of sp³-hybridized carbons (Fsp3) is 0.381. The van der Waals surface area contributed by atoms with Crippen LogP contribution in [0.15, 0.2) is 24.3 Å². The largest absolute Gasteiger partial charge is 0.494 e. The van der Waals surface area contributed by atoms with Gasteiger partial charge in [-0.2, -0.15) is 0 Å². The molecule has 2 aromatic carbocycles. The fourth-order valence-corrected chi connectivity index (χ4v) is 6.09. The zero-order valence-electron chi connectivity index (χ0n) is 17.3. The van der Waals surface area contributed by atoms with Crippen LogP contribution in [0.1, 0.15) is 30.4 Å². The Kier molecular flexibility index (Phi) is 7.11. The maximum atomic E-state index is 14.9. The number of aliphatic hydroxyl groups is 1. The number of carbonyl (C=O) groups excluding carboxylic acids is 1. The van der Waals surface area contributed by atoms with Crippen LogP contribution in [0.5, 0.6) is 5.75 Å². The summed E-state index contributed by atoms with van der Waals surface area (Å²) in [5.41, 5.74) is -0.620. The molecule has 6 nitrogen and oxygen atoms in total. The average molecular weight is 583 g/mol. The van der Waals surface area contributed by atoms with Crippen LogP contribution >= 0.6 is 22.6 Å². The number of benzene rings is 2. The second-order valence-electron chi connectivity index (χ2n) is 7.64. The van der Waals surface area contributed by atoms with Crippen molar-refractivity contribution in [3.8, 4) is 5.75 Å². The number of nitrogens with zero attached hydrogens (tertiary/aromatic N) is 1. The Bertz CT molecular complexity index is 1170. The van der Waals surface area contributed by atoms with Gasteiger partial charge in [-0.15, -0.1) is 0 Å². The molecule has 0 saturated heterocycles. The predicted molar refractivity (Wildman–Crippen MR) is 121 cm³/mol. The van der Waals surface area contributed by atoms with Crippen LogP contribution < -0.4 is 9.04 Å². The predicted octanol–water partition coefficient (Wildman–Crippen LogP) is 3.56. The average Bonchev–Trinajstić information content (AvgIpc) is 3.53. The van der Waals surface area contributed by atoms with Crippen molar-refractivity contribution < 1.29 is 36.2 Å². The van der Waals surface area contributed by atoms with E-state index in [1.165, 1.54) is 19.2 Å². The summed E-state index contributed by atoms with van der Waals surface area (Å²) in [6, 6.07) is 4.95. The van der Waals surface area contributed by atoms with Crippen molar-refractivity contribution in [2.75, 3.05) is 25.1 Å². The van der Waals surface area contributed by atoms with Crippen molar-refractivity contribution in [2.45, 2.75) is 30.4 Å². The zero-order valence-corrected chi connectivity index (χ0v) is 20.3. The van der Waals surface area contributed by atoms with Crippen LogP contribution in [0.25, 0.3) is 0 Å². The lowest BCUT2D eigenvalue weighted by Crippen LogP contribution is -2.40. The second kappa shape index (κ2) is 9.18. The van der Waals surface area contributed by atoms with E-state index in [0.717, 1.165) is 17.4 Å². The van der Waals surface area contributed by atoms with Gasteiger partial charge in [-0.25, -0.2) is 21.6 Å². The Hall–Kier alpha value is -1.86. The number of methoxy groups -OCH3 is 1. The van der Waals surface area contributed by atoms with Gasteiger partial charge in [-0.05, 0) is 53.1 Å². The third-order valence-electron chi connectivity index (χ3n) is 5.58. The van der Waals surface area contributed by atoms with E-state index >= 15 is 0 Å². The molecule has 0 aliphatic heterocycles. The van der Waals surface area contributed by atoms with Crippen LogP contribution in [-0.2, 0) is 21.2 Å². The molecule has 3 rings (SSSR count). The normalized spacial score (nSPS) is 14.8. The minimum Gasteiger partial charge on any atom is -0.494 e. The second-order valence-corrected chi connectivity index (χ2v) is 11.3. The molecule has 0 unspecified atom stereocenters. The number of Topliss-reactive ketones (excluding diaryl/α,β-unsaturated/α-hetero) is 1. The summed E-state index contributed by atoms with van der Waals surface area (Å²) in [5, 5.41) is 9.04. The molecule has 1 N–H and O–H groups in total. The van der Waals surface area contributed by atoms with E-state index in [9.17, 15) is 26.4 Å². The number of hydrogen-bond donors (Lipinski definition) is 1. The molecule has 0 aromatic heterocycles. The quantitative estimate of drug-likeness (QED) is 0.457. The van der Waals surface area contributed by atoms with Gasteiger partial charge >= 0.3 is 0 Å². The summed E-state index contributed by atoms with van der Waals surface area (Å²) in [6.07, 6.45) is -0.472. The first-order valence-electron chi connectivity index (χ1n) is 9.57. The summed E-state index contributed by atoms with van der Waals surface area (Å²) in [5.74, 6) is -4.13. The van der Waals surface area contributed by atoms with E-state index in [4.69, 9.17) is 9.84 Å². The first-order chi connectivity index (χ1) is 15.0. The number of ketones is 1. The Balaban J connectivity index is 2.14. The highest BCUT2D eigenvalue weighted by Crippen LogP contribution is 2.50. The minimum atomic E-state index is -4.24. The molecule has 0 amide bonds. The molecule has 1 saturated carbocycles. The Morgan fingerprint density at radius 2 is 1.88 bits per heavy atom. The highest BCUT2D eigenvalue weighted by Gasteiger charge is 2.57. The molecule has 0 bridgehead atoms. The van der Waals surface area contributed by atoms with Crippen molar-refractivity contribution in [2.24, 2.45) is 0 Å². The Morgan fingerprint density at radius 3 is 2.41 bits per heavy atom. The molecule has 0 atom stereocenters. The molecule has 2 aromatic rings. The third-order valence-corrected chi connectivity index (χ3v) is 8.80. The lowest BCUT2D eigenvalue weighted by molar-refractivity contribution is -0.121. The van der Waals surface area contributed by atoms with E-state index < -0.39 is 63.0 Å². The molecular formula is C21H21F3INO5S. The molecule has 1 aliphatic carbocycles. The summed E-state index contributed by atoms with van der Waals surface area (Å²) < 4.78 is 75.6. The monoisotopic (exact) mass is 583 g/mol. The van der Waals surface area contributed by atoms with Gasteiger partial charge in [0, 0.05) is 35.1 Å². The highest BCUT2D eigenvalue weighted by atomic mass is 127. The van der Waals surface area contributed by atoms with Gasteiger partial charge in [0.05, 0.1) is 17.5 Å². The van der Waals surface area contributed by atoms with E-state index in [1.54, 1.807) is 6.07 Å².